The van der Waals surface area contributed by atoms with E-state index in [0.717, 1.165) is 23.1 Å². The molecule has 1 N–H and O–H groups in total. The first kappa shape index (κ1) is 19.9. The second kappa shape index (κ2) is 6.24. The molecule has 1 aromatic carbocycles. The summed E-state index contributed by atoms with van der Waals surface area (Å²) in [7, 11) is 0. The Balaban J connectivity index is 1.59. The van der Waals surface area contributed by atoms with Crippen molar-refractivity contribution < 1.29 is 24.1 Å². The fourth-order valence-corrected chi connectivity index (χ4v) is 7.13. The van der Waals surface area contributed by atoms with E-state index < -0.39 is 16.8 Å². The molecule has 1 aliphatic carbocycles. The number of hydrogen-bond donors (Lipinski definition) is 1. The summed E-state index contributed by atoms with van der Waals surface area (Å²) in [6.07, 6.45) is 3.07. The summed E-state index contributed by atoms with van der Waals surface area (Å²) in [6.45, 7) is 7.84. The van der Waals surface area contributed by atoms with Gasteiger partial charge in [-0.15, -0.1) is 0 Å². The van der Waals surface area contributed by atoms with Gasteiger partial charge < -0.3 is 19.3 Å². The van der Waals surface area contributed by atoms with Crippen molar-refractivity contribution in [2.75, 3.05) is 0 Å². The second-order valence-corrected chi connectivity index (χ2v) is 10.5. The monoisotopic (exact) mass is 462 g/mol. The van der Waals surface area contributed by atoms with Crippen LogP contribution in [0.1, 0.15) is 55.1 Å². The molecule has 0 saturated carbocycles. The van der Waals surface area contributed by atoms with Crippen LogP contribution in [0.5, 0.6) is 0 Å². The van der Waals surface area contributed by atoms with Crippen molar-refractivity contribution in [2.45, 2.75) is 81.7 Å². The first-order chi connectivity index (χ1) is 13.6. The summed E-state index contributed by atoms with van der Waals surface area (Å²) in [5, 5.41) is 9.62. The fraction of sp³-hybridized carbons (Fsp3) is 0.609. The number of Topliss-reactive ketones (excluding diaryl/α,β-unsaturated/α-hetero) is 1. The van der Waals surface area contributed by atoms with Crippen LogP contribution >= 0.6 is 15.9 Å². The number of halogens is 1. The van der Waals surface area contributed by atoms with Gasteiger partial charge in [-0.05, 0) is 44.7 Å². The topological polar surface area (TPSA) is 65.0 Å². The van der Waals surface area contributed by atoms with Crippen LogP contribution in [0.2, 0.25) is 0 Å². The van der Waals surface area contributed by atoms with Gasteiger partial charge in [-0.25, -0.2) is 0 Å². The van der Waals surface area contributed by atoms with Crippen LogP contribution in [0.4, 0.5) is 0 Å². The van der Waals surface area contributed by atoms with Crippen molar-refractivity contribution in [2.24, 2.45) is 5.41 Å². The van der Waals surface area contributed by atoms with Gasteiger partial charge in [0.15, 0.2) is 11.6 Å². The molecule has 2 bridgehead atoms. The van der Waals surface area contributed by atoms with Crippen molar-refractivity contribution in [3.05, 3.63) is 46.5 Å². The number of carbonyl (C=O) groups is 1. The van der Waals surface area contributed by atoms with E-state index >= 15 is 0 Å². The highest BCUT2D eigenvalue weighted by Gasteiger charge is 2.78. The minimum absolute atomic E-state index is 0.0185. The minimum atomic E-state index is -0.653. The van der Waals surface area contributed by atoms with Gasteiger partial charge in [-0.2, -0.15) is 0 Å². The normalized spacial score (nSPS) is 41.8. The van der Waals surface area contributed by atoms with Crippen LogP contribution in [0.15, 0.2) is 29.8 Å². The maximum absolute atomic E-state index is 13.7. The molecule has 6 heteroatoms. The lowest BCUT2D eigenvalue weighted by Gasteiger charge is -2.51. The van der Waals surface area contributed by atoms with Crippen molar-refractivity contribution in [3.63, 3.8) is 0 Å². The first-order valence-electron chi connectivity index (χ1n) is 10.3. The molecule has 3 saturated heterocycles. The third-order valence-corrected chi connectivity index (χ3v) is 8.48. The largest absolute Gasteiger partial charge is 0.392 e. The number of ether oxygens (including phenoxy) is 3. The molecule has 1 spiro atoms. The number of aliphatic hydroxyl groups is 1. The summed E-state index contributed by atoms with van der Waals surface area (Å²) < 4.78 is 19.1. The lowest BCUT2D eigenvalue weighted by molar-refractivity contribution is -0.202. The zero-order chi connectivity index (χ0) is 20.8. The number of fused-ring (bicyclic) bond motifs is 3. The molecule has 3 heterocycles. The highest BCUT2D eigenvalue weighted by Crippen LogP contribution is 2.67. The Morgan fingerprint density at radius 3 is 2.72 bits per heavy atom. The number of benzene rings is 1. The van der Waals surface area contributed by atoms with Gasteiger partial charge >= 0.3 is 0 Å². The van der Waals surface area contributed by atoms with Crippen LogP contribution in [0.25, 0.3) is 0 Å². The number of rotatable bonds is 3. The van der Waals surface area contributed by atoms with Gasteiger partial charge in [0.2, 0.25) is 0 Å². The molecule has 0 aromatic heterocycles. The first-order valence-corrected chi connectivity index (χ1v) is 11.2. The Hall–Kier alpha value is -1.05. The number of ketones is 1. The third kappa shape index (κ3) is 2.44. The Kier molecular flexibility index (Phi) is 4.28. The zero-order valence-corrected chi connectivity index (χ0v) is 18.8. The van der Waals surface area contributed by atoms with Crippen LogP contribution in [-0.2, 0) is 20.8 Å². The second-order valence-electron chi connectivity index (χ2n) is 9.40. The molecular weight excluding hydrogens is 436 g/mol. The molecule has 156 valence electrons. The molecule has 0 radical (unpaired) electrons. The summed E-state index contributed by atoms with van der Waals surface area (Å²) >= 11 is 3.87. The summed E-state index contributed by atoms with van der Waals surface area (Å²) in [5.41, 5.74) is 1.94. The van der Waals surface area contributed by atoms with Gasteiger partial charge in [0.25, 0.3) is 0 Å². The van der Waals surface area contributed by atoms with E-state index in [9.17, 15) is 9.90 Å². The van der Waals surface area contributed by atoms with Crippen LogP contribution in [0, 0.1) is 12.3 Å². The summed E-state index contributed by atoms with van der Waals surface area (Å²) in [5.74, 6) is -0.635. The quantitative estimate of drug-likeness (QED) is 0.546. The fourth-order valence-electron chi connectivity index (χ4n) is 6.07. The van der Waals surface area contributed by atoms with Crippen LogP contribution in [-0.4, -0.2) is 45.4 Å². The lowest BCUT2D eigenvalue weighted by atomic mass is 9.56. The Labute approximate surface area is 179 Å². The number of hydrogen-bond acceptors (Lipinski definition) is 5. The van der Waals surface area contributed by atoms with E-state index in [1.165, 1.54) is 0 Å². The number of aliphatic hydroxyl groups excluding tert-OH is 1. The molecule has 29 heavy (non-hydrogen) atoms. The average molecular weight is 463 g/mol. The Morgan fingerprint density at radius 1 is 1.24 bits per heavy atom. The highest BCUT2D eigenvalue weighted by molar-refractivity contribution is 9.09. The van der Waals surface area contributed by atoms with Crippen molar-refractivity contribution >= 4 is 21.7 Å². The maximum Gasteiger partial charge on any atom is 0.189 e. The maximum atomic E-state index is 13.7. The van der Waals surface area contributed by atoms with Gasteiger partial charge in [0, 0.05) is 16.6 Å². The molecule has 3 aliphatic heterocycles. The molecule has 6 atom stereocenters. The van der Waals surface area contributed by atoms with Crippen molar-refractivity contribution in [1.82, 2.24) is 0 Å². The van der Waals surface area contributed by atoms with Crippen LogP contribution < -0.4 is 0 Å². The van der Waals surface area contributed by atoms with Gasteiger partial charge in [0.1, 0.15) is 17.8 Å². The summed E-state index contributed by atoms with van der Waals surface area (Å²) in [6, 6.07) is 5.55. The van der Waals surface area contributed by atoms with Crippen molar-refractivity contribution in [3.8, 4) is 0 Å². The van der Waals surface area contributed by atoms with E-state index in [1.807, 2.05) is 39.0 Å². The van der Waals surface area contributed by atoms with E-state index in [2.05, 4.69) is 28.9 Å². The number of alkyl halides is 1. The zero-order valence-electron chi connectivity index (χ0n) is 17.2. The molecule has 4 aliphatic rings. The molecule has 0 unspecified atom stereocenters. The van der Waals surface area contributed by atoms with E-state index in [4.69, 9.17) is 14.2 Å². The molecule has 3 fully saturated rings. The van der Waals surface area contributed by atoms with E-state index in [1.54, 1.807) is 0 Å². The molecule has 5 nitrogen and oxygen atoms in total. The van der Waals surface area contributed by atoms with Crippen LogP contribution in [0.3, 0.4) is 0 Å². The Bertz CT molecular complexity index is 924. The third-order valence-electron chi connectivity index (χ3n) is 7.43. The predicted octanol–water partition coefficient (Wildman–Crippen LogP) is 3.83. The van der Waals surface area contributed by atoms with E-state index in [-0.39, 0.29) is 35.5 Å². The predicted molar refractivity (Wildman–Crippen MR) is 111 cm³/mol. The minimum Gasteiger partial charge on any atom is -0.392 e. The Morgan fingerprint density at radius 2 is 2.00 bits per heavy atom. The van der Waals surface area contributed by atoms with Gasteiger partial charge in [-0.1, -0.05) is 47.1 Å². The average Bonchev–Trinajstić information content (AvgIpc) is 3.25. The molecule has 0 amide bonds. The number of allylic oxidation sites excluding steroid dienone is 1. The highest BCUT2D eigenvalue weighted by atomic mass is 79.9. The van der Waals surface area contributed by atoms with E-state index in [0.29, 0.717) is 12.0 Å². The molecule has 5 rings (SSSR count). The van der Waals surface area contributed by atoms with Crippen molar-refractivity contribution in [1.29, 1.82) is 0 Å². The van der Waals surface area contributed by atoms with Gasteiger partial charge in [0.05, 0.1) is 17.5 Å². The molecule has 1 aromatic rings. The standard InChI is InChI=1S/C23H27BrO5/c1-12-13(11-25)6-5-7-14(12)18(26)15-8-9-17(24)23-20-19(28-21(2,3)29-20)16(27-23)10-22(15,23)4/h5-8,16-17,19-20,25H,9-11H2,1-4H3/t16-,17-,19-,20-,22-,23-/m1/s1. The lowest BCUT2D eigenvalue weighted by Crippen LogP contribution is -2.63. The SMILES string of the molecule is Cc1c(CO)cccc1C(=O)C1=CC[C@@H](Br)[C@]23O[C@H](C[C@]12C)[C@H]1OC(C)(C)O[C@H]13. The summed E-state index contributed by atoms with van der Waals surface area (Å²) in [4.78, 5) is 13.8. The smallest absolute Gasteiger partial charge is 0.189 e. The number of carbonyl (C=O) groups excluding carboxylic acids is 1. The van der Waals surface area contributed by atoms with Gasteiger partial charge in [-0.3, -0.25) is 4.79 Å². The molecular formula is C23H27BrO5.